The van der Waals surface area contributed by atoms with Crippen LogP contribution in [0.4, 0.5) is 4.79 Å². The Morgan fingerprint density at radius 2 is 2.00 bits per heavy atom. The summed E-state index contributed by atoms with van der Waals surface area (Å²) in [5.41, 5.74) is 2.00. The van der Waals surface area contributed by atoms with Crippen molar-refractivity contribution in [3.8, 4) is 0 Å². The van der Waals surface area contributed by atoms with Crippen LogP contribution < -0.4 is 5.32 Å². The highest BCUT2D eigenvalue weighted by molar-refractivity contribution is 5.80. The summed E-state index contributed by atoms with van der Waals surface area (Å²) in [6.45, 7) is 0.522. The molecule has 5 heteroatoms. The van der Waals surface area contributed by atoms with Crippen LogP contribution in [0.2, 0.25) is 0 Å². The predicted molar refractivity (Wildman–Crippen MR) is 83.3 cm³/mol. The fourth-order valence-corrected chi connectivity index (χ4v) is 1.76. The molecule has 0 spiro atoms. The molecule has 1 amide bonds. The molecule has 1 aromatic carbocycles. The summed E-state index contributed by atoms with van der Waals surface area (Å²) < 4.78 is 5.07. The Morgan fingerprint density at radius 1 is 1.18 bits per heavy atom. The van der Waals surface area contributed by atoms with Crippen LogP contribution in [0.5, 0.6) is 0 Å². The number of nitrogens with one attached hydrogen (secondary N) is 1. The molecule has 0 saturated carbocycles. The van der Waals surface area contributed by atoms with Crippen molar-refractivity contribution in [1.29, 1.82) is 0 Å². The minimum atomic E-state index is -0.495. The van der Waals surface area contributed by atoms with E-state index in [1.165, 1.54) is 0 Å². The highest BCUT2D eigenvalue weighted by atomic mass is 16.5. The second-order valence-corrected chi connectivity index (χ2v) is 4.44. The van der Waals surface area contributed by atoms with Gasteiger partial charge in [-0.2, -0.15) is 0 Å². The van der Waals surface area contributed by atoms with Gasteiger partial charge in [-0.05, 0) is 23.8 Å². The van der Waals surface area contributed by atoms with Crippen molar-refractivity contribution in [2.45, 2.75) is 6.61 Å². The molecule has 0 radical (unpaired) electrons. The lowest BCUT2D eigenvalue weighted by molar-refractivity contribution is 0.112. The zero-order chi connectivity index (χ0) is 15.6. The first-order valence-electron chi connectivity index (χ1n) is 6.81. The molecule has 0 fully saturated rings. The second kappa shape index (κ2) is 8.36. The largest absolute Gasteiger partial charge is 0.445 e. The molecule has 5 nitrogen and oxygen atoms in total. The van der Waals surface area contributed by atoms with Gasteiger partial charge in [0.15, 0.2) is 6.29 Å². The third-order valence-electron chi connectivity index (χ3n) is 2.85. The van der Waals surface area contributed by atoms with E-state index in [4.69, 9.17) is 4.74 Å². The van der Waals surface area contributed by atoms with Gasteiger partial charge in [0, 0.05) is 18.3 Å². The van der Waals surface area contributed by atoms with E-state index in [9.17, 15) is 9.59 Å². The summed E-state index contributed by atoms with van der Waals surface area (Å²) in [5, 5.41) is 2.60. The summed E-state index contributed by atoms with van der Waals surface area (Å²) in [5.74, 6) is 0. The normalized spacial score (nSPS) is 10.4. The number of aldehydes is 1. The average Bonchev–Trinajstić information content (AvgIpc) is 2.58. The third kappa shape index (κ3) is 4.86. The molecule has 0 unspecified atom stereocenters. The van der Waals surface area contributed by atoms with Gasteiger partial charge in [0.1, 0.15) is 6.61 Å². The fraction of sp³-hybridized carbons (Fsp3) is 0.118. The lowest BCUT2D eigenvalue weighted by Gasteiger charge is -2.05. The van der Waals surface area contributed by atoms with E-state index in [1.807, 2.05) is 30.3 Å². The van der Waals surface area contributed by atoms with Crippen LogP contribution in [0.3, 0.4) is 0 Å². The molecule has 0 aliphatic heterocycles. The van der Waals surface area contributed by atoms with Crippen molar-refractivity contribution in [2.75, 3.05) is 6.54 Å². The van der Waals surface area contributed by atoms with Crippen molar-refractivity contribution in [3.05, 3.63) is 71.6 Å². The van der Waals surface area contributed by atoms with Crippen LogP contribution >= 0.6 is 0 Å². The standard InChI is InChI=1S/C17H16N2O3/c20-12-15-8-4-10-18-16(15)9-5-11-19-17(21)22-13-14-6-2-1-3-7-14/h1-10,12H,11,13H2,(H,19,21). The Hall–Kier alpha value is -2.95. The minimum absolute atomic E-state index is 0.228. The number of aromatic nitrogens is 1. The number of benzene rings is 1. The van der Waals surface area contributed by atoms with Crippen molar-refractivity contribution < 1.29 is 14.3 Å². The molecule has 1 N–H and O–H groups in total. The van der Waals surface area contributed by atoms with Crippen LogP contribution in [-0.4, -0.2) is 23.9 Å². The molecule has 0 saturated heterocycles. The number of carbonyl (C=O) groups excluding carboxylic acids is 2. The van der Waals surface area contributed by atoms with Gasteiger partial charge in [-0.1, -0.05) is 36.4 Å². The molecule has 0 atom stereocenters. The lowest BCUT2D eigenvalue weighted by atomic mass is 10.2. The van der Waals surface area contributed by atoms with Gasteiger partial charge in [-0.25, -0.2) is 4.79 Å². The third-order valence-corrected chi connectivity index (χ3v) is 2.85. The van der Waals surface area contributed by atoms with Gasteiger partial charge in [-0.3, -0.25) is 9.78 Å². The SMILES string of the molecule is O=Cc1cccnc1C=CCNC(=O)OCc1ccccc1. The van der Waals surface area contributed by atoms with Crippen LogP contribution in [0, 0.1) is 0 Å². The van der Waals surface area contributed by atoms with E-state index in [1.54, 1.807) is 30.5 Å². The van der Waals surface area contributed by atoms with Crippen molar-refractivity contribution in [1.82, 2.24) is 10.3 Å². The maximum Gasteiger partial charge on any atom is 0.407 e. The van der Waals surface area contributed by atoms with Crippen LogP contribution in [0.1, 0.15) is 21.6 Å². The zero-order valence-corrected chi connectivity index (χ0v) is 11.9. The number of amides is 1. The van der Waals surface area contributed by atoms with Crippen LogP contribution in [-0.2, 0) is 11.3 Å². The quantitative estimate of drug-likeness (QED) is 0.832. The van der Waals surface area contributed by atoms with Gasteiger partial charge in [-0.15, -0.1) is 0 Å². The van der Waals surface area contributed by atoms with Gasteiger partial charge in [0.05, 0.1) is 5.69 Å². The van der Waals surface area contributed by atoms with Gasteiger partial charge in [0.2, 0.25) is 0 Å². The highest BCUT2D eigenvalue weighted by Crippen LogP contribution is 2.04. The van der Waals surface area contributed by atoms with Crippen molar-refractivity contribution in [2.24, 2.45) is 0 Å². The smallest absolute Gasteiger partial charge is 0.407 e. The molecule has 22 heavy (non-hydrogen) atoms. The fourth-order valence-electron chi connectivity index (χ4n) is 1.76. The average molecular weight is 296 g/mol. The van der Waals surface area contributed by atoms with E-state index >= 15 is 0 Å². The molecule has 1 aromatic heterocycles. The number of alkyl carbamates (subject to hydrolysis) is 1. The summed E-state index contributed by atoms with van der Waals surface area (Å²) in [6, 6.07) is 12.8. The summed E-state index contributed by atoms with van der Waals surface area (Å²) in [6.07, 6.45) is 5.24. The Kier molecular flexibility index (Phi) is 5.87. The van der Waals surface area contributed by atoms with E-state index in [-0.39, 0.29) is 6.61 Å². The maximum atomic E-state index is 11.5. The lowest BCUT2D eigenvalue weighted by Crippen LogP contribution is -2.24. The Balaban J connectivity index is 1.75. The van der Waals surface area contributed by atoms with Gasteiger partial charge >= 0.3 is 6.09 Å². The molecule has 0 bridgehead atoms. The predicted octanol–water partition coefficient (Wildman–Crippen LogP) is 2.83. The molecular weight excluding hydrogens is 280 g/mol. The topological polar surface area (TPSA) is 68.3 Å². The van der Waals surface area contributed by atoms with Gasteiger partial charge in [0.25, 0.3) is 0 Å². The molecule has 2 rings (SSSR count). The molecule has 0 aliphatic rings. The second-order valence-electron chi connectivity index (χ2n) is 4.44. The zero-order valence-electron chi connectivity index (χ0n) is 11.9. The maximum absolute atomic E-state index is 11.5. The van der Waals surface area contributed by atoms with E-state index in [0.29, 0.717) is 17.8 Å². The first-order chi connectivity index (χ1) is 10.8. The van der Waals surface area contributed by atoms with E-state index < -0.39 is 6.09 Å². The summed E-state index contributed by atoms with van der Waals surface area (Å²) in [4.78, 5) is 26.4. The van der Waals surface area contributed by atoms with Crippen LogP contribution in [0.25, 0.3) is 6.08 Å². The summed E-state index contributed by atoms with van der Waals surface area (Å²) in [7, 11) is 0. The molecule has 112 valence electrons. The number of hydrogen-bond donors (Lipinski definition) is 1. The van der Waals surface area contributed by atoms with Gasteiger partial charge < -0.3 is 10.1 Å². The molecular formula is C17H16N2O3. The number of carbonyl (C=O) groups is 2. The number of hydrogen-bond acceptors (Lipinski definition) is 4. The molecule has 1 heterocycles. The van der Waals surface area contributed by atoms with Crippen molar-refractivity contribution >= 4 is 18.5 Å². The minimum Gasteiger partial charge on any atom is -0.445 e. The Labute approximate surface area is 128 Å². The molecule has 2 aromatic rings. The van der Waals surface area contributed by atoms with Crippen LogP contribution in [0.15, 0.2) is 54.7 Å². The highest BCUT2D eigenvalue weighted by Gasteiger charge is 2.01. The number of ether oxygens (including phenoxy) is 1. The number of nitrogens with zero attached hydrogens (tertiary/aromatic N) is 1. The number of rotatable bonds is 6. The first kappa shape index (κ1) is 15.4. The number of pyridine rings is 1. The monoisotopic (exact) mass is 296 g/mol. The van der Waals surface area contributed by atoms with E-state index in [0.717, 1.165) is 11.8 Å². The van der Waals surface area contributed by atoms with Crippen molar-refractivity contribution in [3.63, 3.8) is 0 Å². The molecule has 0 aliphatic carbocycles. The first-order valence-corrected chi connectivity index (χ1v) is 6.81. The summed E-state index contributed by atoms with van der Waals surface area (Å²) >= 11 is 0. The van der Waals surface area contributed by atoms with E-state index in [2.05, 4.69) is 10.3 Å². The Morgan fingerprint density at radius 3 is 2.77 bits per heavy atom. The Bertz CT molecular complexity index is 654.